The normalized spacial score (nSPS) is 25.8. The van der Waals surface area contributed by atoms with Gasteiger partial charge in [0.05, 0.1) is 0 Å². The highest BCUT2D eigenvalue weighted by Gasteiger charge is 2.52. The first-order valence-electron chi connectivity index (χ1n) is 6.52. The lowest BCUT2D eigenvalue weighted by Crippen LogP contribution is -2.26. The number of fused-ring (bicyclic) bond motifs is 1. The summed E-state index contributed by atoms with van der Waals surface area (Å²) in [6, 6.07) is 0. The Morgan fingerprint density at radius 3 is 3.12 bits per heavy atom. The van der Waals surface area contributed by atoms with Crippen LogP contribution in [0.1, 0.15) is 37.8 Å². The van der Waals surface area contributed by atoms with Crippen molar-refractivity contribution in [2.75, 3.05) is 5.75 Å². The molecule has 0 bridgehead atoms. The molecule has 2 saturated carbocycles. The second-order valence-electron chi connectivity index (χ2n) is 5.87. The third-order valence-corrected chi connectivity index (χ3v) is 5.79. The third kappa shape index (κ3) is 1.44. The minimum absolute atomic E-state index is 0.861. The quantitative estimate of drug-likeness (QED) is 0.748. The van der Waals surface area contributed by atoms with Crippen LogP contribution < -0.4 is 0 Å². The van der Waals surface area contributed by atoms with E-state index in [0.717, 1.165) is 11.3 Å². The van der Waals surface area contributed by atoms with Gasteiger partial charge in [-0.1, -0.05) is 11.8 Å². The lowest BCUT2D eigenvalue weighted by molar-refractivity contribution is 0.191. The molecular weight excluding hydrogens is 216 g/mol. The minimum Gasteiger partial charge on any atom is -0.323 e. The van der Waals surface area contributed by atoms with Gasteiger partial charge in [-0.25, -0.2) is 4.98 Å². The van der Waals surface area contributed by atoms with E-state index in [0.29, 0.717) is 0 Å². The molecule has 0 saturated heterocycles. The molecule has 1 aromatic rings. The van der Waals surface area contributed by atoms with Crippen LogP contribution in [0.2, 0.25) is 0 Å². The number of hydrogen-bond donors (Lipinski definition) is 0. The average molecular weight is 234 g/mol. The summed E-state index contributed by atoms with van der Waals surface area (Å²) in [6.45, 7) is 1.20. The molecule has 2 nitrogen and oxygen atoms in total. The highest BCUT2D eigenvalue weighted by molar-refractivity contribution is 7.99. The summed E-state index contributed by atoms with van der Waals surface area (Å²) >= 11 is 2.00. The smallest absolute Gasteiger partial charge is 0.168 e. The van der Waals surface area contributed by atoms with Crippen LogP contribution in [0.5, 0.6) is 0 Å². The Labute approximate surface area is 101 Å². The molecule has 3 aliphatic rings. The van der Waals surface area contributed by atoms with Gasteiger partial charge in [0.15, 0.2) is 5.16 Å². The average Bonchev–Trinajstić information content (AvgIpc) is 2.73. The zero-order valence-corrected chi connectivity index (χ0v) is 10.4. The summed E-state index contributed by atoms with van der Waals surface area (Å²) < 4.78 is 2.43. The zero-order valence-electron chi connectivity index (χ0n) is 9.61. The molecule has 0 N–H and O–H groups in total. The molecule has 0 amide bonds. The molecular formula is C13H18N2S. The molecule has 0 atom stereocenters. The summed E-state index contributed by atoms with van der Waals surface area (Å²) in [5, 5.41) is 1.28. The van der Waals surface area contributed by atoms with Crippen molar-refractivity contribution in [3.63, 3.8) is 0 Å². The summed E-state index contributed by atoms with van der Waals surface area (Å²) in [6.07, 6.45) is 10.7. The first-order chi connectivity index (χ1) is 7.85. The van der Waals surface area contributed by atoms with E-state index >= 15 is 0 Å². The highest BCUT2D eigenvalue weighted by atomic mass is 32.2. The summed E-state index contributed by atoms with van der Waals surface area (Å²) in [7, 11) is 0. The monoisotopic (exact) mass is 234 g/mol. The van der Waals surface area contributed by atoms with Gasteiger partial charge in [0.1, 0.15) is 0 Å². The molecule has 4 rings (SSSR count). The summed E-state index contributed by atoms with van der Waals surface area (Å²) in [5.74, 6) is 2.29. The Bertz CT molecular complexity index is 412. The van der Waals surface area contributed by atoms with Crippen LogP contribution in [0.15, 0.2) is 11.4 Å². The predicted octanol–water partition coefficient (Wildman–Crippen LogP) is 3.11. The number of rotatable bonds is 3. The minimum atomic E-state index is 0.861. The van der Waals surface area contributed by atoms with Crippen molar-refractivity contribution in [1.29, 1.82) is 0 Å². The Morgan fingerprint density at radius 1 is 1.44 bits per heavy atom. The van der Waals surface area contributed by atoms with Gasteiger partial charge in [0.25, 0.3) is 0 Å². The number of aryl methyl sites for hydroxylation is 1. The number of hydrogen-bond acceptors (Lipinski definition) is 2. The van der Waals surface area contributed by atoms with Gasteiger partial charge >= 0.3 is 0 Å². The van der Waals surface area contributed by atoms with Crippen molar-refractivity contribution < 1.29 is 0 Å². The fraction of sp³-hybridized carbons (Fsp3) is 0.769. The Balaban J connectivity index is 1.36. The zero-order chi connectivity index (χ0) is 10.6. The fourth-order valence-corrected chi connectivity index (χ4v) is 4.54. The van der Waals surface area contributed by atoms with Gasteiger partial charge in [-0.15, -0.1) is 0 Å². The molecule has 1 aromatic heterocycles. The van der Waals surface area contributed by atoms with Gasteiger partial charge in [0, 0.05) is 24.2 Å². The summed E-state index contributed by atoms with van der Waals surface area (Å²) in [5.41, 5.74) is 2.31. The molecule has 1 spiro atoms. The molecule has 16 heavy (non-hydrogen) atoms. The van der Waals surface area contributed by atoms with Gasteiger partial charge in [-0.05, 0) is 49.9 Å². The second kappa shape index (κ2) is 3.28. The van der Waals surface area contributed by atoms with Crippen LogP contribution in [-0.2, 0) is 13.0 Å². The molecule has 3 heteroatoms. The Hall–Kier alpha value is -0.440. The third-order valence-electron chi connectivity index (χ3n) is 4.56. The van der Waals surface area contributed by atoms with E-state index in [4.69, 9.17) is 0 Å². The lowest BCUT2D eigenvalue weighted by Gasteiger charge is -2.35. The van der Waals surface area contributed by atoms with Crippen LogP contribution >= 0.6 is 11.8 Å². The maximum Gasteiger partial charge on any atom is 0.168 e. The van der Waals surface area contributed by atoms with E-state index in [-0.39, 0.29) is 0 Å². The van der Waals surface area contributed by atoms with Gasteiger partial charge in [-0.2, -0.15) is 0 Å². The lowest BCUT2D eigenvalue weighted by atomic mass is 9.73. The van der Waals surface area contributed by atoms with Crippen molar-refractivity contribution in [2.45, 2.75) is 50.2 Å². The molecule has 2 aliphatic carbocycles. The summed E-state index contributed by atoms with van der Waals surface area (Å²) in [4.78, 5) is 4.55. The van der Waals surface area contributed by atoms with Crippen LogP contribution in [0.4, 0.5) is 0 Å². The highest BCUT2D eigenvalue weighted by Crippen LogP contribution is 2.63. The van der Waals surface area contributed by atoms with Crippen molar-refractivity contribution in [1.82, 2.24) is 9.55 Å². The SMILES string of the molecule is c1nc(SCC2CC3(CC3)C2)n2c1CCC2. The van der Waals surface area contributed by atoms with Crippen LogP contribution in [0.3, 0.4) is 0 Å². The van der Waals surface area contributed by atoms with E-state index in [9.17, 15) is 0 Å². The van der Waals surface area contributed by atoms with Crippen LogP contribution in [0, 0.1) is 11.3 Å². The number of thioether (sulfide) groups is 1. The van der Waals surface area contributed by atoms with E-state index in [2.05, 4.69) is 15.7 Å². The van der Waals surface area contributed by atoms with E-state index < -0.39 is 0 Å². The fourth-order valence-electron chi connectivity index (χ4n) is 3.42. The van der Waals surface area contributed by atoms with Crippen molar-refractivity contribution in [2.24, 2.45) is 11.3 Å². The van der Waals surface area contributed by atoms with E-state index in [1.807, 2.05) is 11.8 Å². The number of nitrogens with zero attached hydrogens (tertiary/aromatic N) is 2. The molecule has 2 fully saturated rings. The number of imidazole rings is 1. The van der Waals surface area contributed by atoms with Crippen LogP contribution in [-0.4, -0.2) is 15.3 Å². The van der Waals surface area contributed by atoms with Gasteiger partial charge in [-0.3, -0.25) is 0 Å². The number of aromatic nitrogens is 2. The second-order valence-corrected chi connectivity index (χ2v) is 6.86. The molecule has 0 unspecified atom stereocenters. The molecule has 86 valence electrons. The first kappa shape index (κ1) is 9.58. The van der Waals surface area contributed by atoms with E-state index in [1.165, 1.54) is 61.7 Å². The van der Waals surface area contributed by atoms with E-state index in [1.54, 1.807) is 0 Å². The first-order valence-corrected chi connectivity index (χ1v) is 7.50. The van der Waals surface area contributed by atoms with Gasteiger partial charge < -0.3 is 4.57 Å². The van der Waals surface area contributed by atoms with Crippen molar-refractivity contribution in [3.05, 3.63) is 11.9 Å². The maximum absolute atomic E-state index is 4.55. The molecule has 2 heterocycles. The Kier molecular flexibility index (Phi) is 1.96. The topological polar surface area (TPSA) is 17.8 Å². The molecule has 0 radical (unpaired) electrons. The van der Waals surface area contributed by atoms with Crippen molar-refractivity contribution >= 4 is 11.8 Å². The standard InChI is InChI=1S/C13H18N2S/c1-2-11-8-14-12(15(11)5-1)16-9-10-6-13(7-10)3-4-13/h8,10H,1-7,9H2. The largest absolute Gasteiger partial charge is 0.323 e. The predicted molar refractivity (Wildman–Crippen MR) is 65.7 cm³/mol. The van der Waals surface area contributed by atoms with Crippen molar-refractivity contribution in [3.8, 4) is 0 Å². The van der Waals surface area contributed by atoms with Crippen LogP contribution in [0.25, 0.3) is 0 Å². The maximum atomic E-state index is 4.55. The molecule has 1 aliphatic heterocycles. The Morgan fingerprint density at radius 2 is 2.31 bits per heavy atom. The van der Waals surface area contributed by atoms with Gasteiger partial charge in [0.2, 0.25) is 0 Å². The molecule has 0 aromatic carbocycles.